The highest BCUT2D eigenvalue weighted by atomic mass is 32.2. The first-order chi connectivity index (χ1) is 16.8. The molecule has 0 spiro atoms. The van der Waals surface area contributed by atoms with Gasteiger partial charge < -0.3 is 4.74 Å². The van der Waals surface area contributed by atoms with Crippen molar-refractivity contribution in [2.45, 2.75) is 73.2 Å². The molecular formula is C32H36FOS+. The van der Waals surface area contributed by atoms with E-state index in [-0.39, 0.29) is 27.7 Å². The summed E-state index contributed by atoms with van der Waals surface area (Å²) in [6.07, 6.45) is 6.33. The topological polar surface area (TPSA) is 9.23 Å². The molecule has 3 aromatic carbocycles. The van der Waals surface area contributed by atoms with E-state index in [1.54, 1.807) is 6.07 Å². The quantitative estimate of drug-likeness (QED) is 0.328. The van der Waals surface area contributed by atoms with E-state index in [2.05, 4.69) is 75.4 Å². The minimum Gasteiger partial charge on any atom is -0.484 e. The molecule has 6 rings (SSSR count). The maximum atomic E-state index is 15.8. The fraction of sp³-hybridized carbons (Fsp3) is 0.438. The fourth-order valence-electron chi connectivity index (χ4n) is 7.28. The summed E-state index contributed by atoms with van der Waals surface area (Å²) in [7, 11) is -0.365. The van der Waals surface area contributed by atoms with Crippen molar-refractivity contribution in [1.82, 2.24) is 0 Å². The van der Waals surface area contributed by atoms with E-state index in [1.165, 1.54) is 29.1 Å². The Bertz CT molecular complexity index is 1130. The number of halogens is 1. The molecule has 0 radical (unpaired) electrons. The number of fused-ring (bicyclic) bond motifs is 5. The Morgan fingerprint density at radius 2 is 1.31 bits per heavy atom. The van der Waals surface area contributed by atoms with E-state index in [9.17, 15) is 0 Å². The van der Waals surface area contributed by atoms with Crippen LogP contribution in [0.15, 0.2) is 93.5 Å². The van der Waals surface area contributed by atoms with Gasteiger partial charge in [-0.25, -0.2) is 4.39 Å². The Labute approximate surface area is 212 Å². The highest BCUT2D eigenvalue weighted by Crippen LogP contribution is 2.64. The van der Waals surface area contributed by atoms with Crippen molar-refractivity contribution in [2.24, 2.45) is 29.1 Å². The smallest absolute Gasteiger partial charge is 0.170 e. The predicted molar refractivity (Wildman–Crippen MR) is 141 cm³/mol. The molecular weight excluding hydrogens is 451 g/mol. The first-order valence-electron chi connectivity index (χ1n) is 13.2. The van der Waals surface area contributed by atoms with Crippen LogP contribution in [0.3, 0.4) is 0 Å². The molecule has 4 atom stereocenters. The van der Waals surface area contributed by atoms with E-state index in [4.69, 9.17) is 4.74 Å². The predicted octanol–water partition coefficient (Wildman–Crippen LogP) is 8.54. The van der Waals surface area contributed by atoms with Crippen molar-refractivity contribution >= 4 is 10.9 Å². The third-order valence-electron chi connectivity index (χ3n) is 9.17. The number of ether oxygens (including phenoxy) is 1. The molecule has 3 aliphatic carbocycles. The van der Waals surface area contributed by atoms with Crippen LogP contribution in [0.5, 0.6) is 5.75 Å². The van der Waals surface area contributed by atoms with Gasteiger partial charge in [-0.15, -0.1) is 0 Å². The summed E-state index contributed by atoms with van der Waals surface area (Å²) in [6, 6.07) is 26.5. The minimum absolute atomic E-state index is 0.0414. The average Bonchev–Trinajstić information content (AvgIpc) is 3.55. The maximum Gasteiger partial charge on any atom is 0.170 e. The molecule has 3 heteroatoms. The first-order valence-corrected chi connectivity index (χ1v) is 14.4. The molecule has 0 aliphatic heterocycles. The lowest BCUT2D eigenvalue weighted by molar-refractivity contribution is -0.0385. The highest BCUT2D eigenvalue weighted by molar-refractivity contribution is 7.97. The minimum atomic E-state index is -0.365. The molecule has 182 valence electrons. The van der Waals surface area contributed by atoms with Gasteiger partial charge in [-0.3, -0.25) is 0 Å². The van der Waals surface area contributed by atoms with Crippen molar-refractivity contribution in [3.8, 4) is 5.75 Å². The lowest BCUT2D eigenvalue weighted by atomic mass is 9.73. The fourth-order valence-corrected chi connectivity index (χ4v) is 9.38. The van der Waals surface area contributed by atoms with Crippen LogP contribution in [-0.4, -0.2) is 5.60 Å². The van der Waals surface area contributed by atoms with Gasteiger partial charge in [0, 0.05) is 11.5 Å². The molecule has 4 unspecified atom stereocenters. The molecule has 35 heavy (non-hydrogen) atoms. The number of rotatable bonds is 5. The van der Waals surface area contributed by atoms with Gasteiger partial charge in [0.05, 0.1) is 10.9 Å². The van der Waals surface area contributed by atoms with Crippen LogP contribution in [0.4, 0.5) is 4.39 Å². The molecule has 0 heterocycles. The molecule has 0 saturated heterocycles. The maximum absolute atomic E-state index is 15.8. The molecule has 0 amide bonds. The van der Waals surface area contributed by atoms with Crippen LogP contribution in [0, 0.1) is 34.9 Å². The van der Waals surface area contributed by atoms with Gasteiger partial charge in [0.15, 0.2) is 26.3 Å². The SMILES string of the molecule is CC(C)(C)C1(Oc2ccc([S+](c3ccccc3)c3ccccc3)cc2F)CC2C3CCC(C3)C2C1. The summed E-state index contributed by atoms with van der Waals surface area (Å²) < 4.78 is 22.6. The van der Waals surface area contributed by atoms with E-state index in [1.807, 2.05) is 18.2 Å². The van der Waals surface area contributed by atoms with Gasteiger partial charge in [-0.2, -0.15) is 0 Å². The second-order valence-corrected chi connectivity index (χ2v) is 14.0. The second-order valence-electron chi connectivity index (χ2n) is 11.9. The van der Waals surface area contributed by atoms with Gasteiger partial charge in [0.1, 0.15) is 5.60 Å². The molecule has 3 saturated carbocycles. The zero-order chi connectivity index (χ0) is 24.2. The summed E-state index contributed by atoms with van der Waals surface area (Å²) in [5.41, 5.74) is -0.341. The lowest BCUT2D eigenvalue weighted by Crippen LogP contribution is -2.47. The van der Waals surface area contributed by atoms with Crippen LogP contribution in [0.1, 0.15) is 52.9 Å². The number of hydrogen-bond acceptors (Lipinski definition) is 1. The van der Waals surface area contributed by atoms with Gasteiger partial charge in [-0.1, -0.05) is 57.2 Å². The monoisotopic (exact) mass is 487 g/mol. The summed E-state index contributed by atoms with van der Waals surface area (Å²) >= 11 is 0. The van der Waals surface area contributed by atoms with Crippen LogP contribution in [-0.2, 0) is 10.9 Å². The Morgan fingerprint density at radius 3 is 1.80 bits per heavy atom. The van der Waals surface area contributed by atoms with Crippen molar-refractivity contribution in [2.75, 3.05) is 0 Å². The Kier molecular flexibility index (Phi) is 5.75. The van der Waals surface area contributed by atoms with E-state index in [0.29, 0.717) is 5.75 Å². The van der Waals surface area contributed by atoms with Crippen LogP contribution < -0.4 is 4.74 Å². The molecule has 0 aromatic heterocycles. The normalized spacial score (nSPS) is 29.5. The molecule has 3 aromatic rings. The molecule has 2 bridgehead atoms. The lowest BCUT2D eigenvalue weighted by Gasteiger charge is -2.43. The van der Waals surface area contributed by atoms with Crippen LogP contribution >= 0.6 is 0 Å². The summed E-state index contributed by atoms with van der Waals surface area (Å²) in [6.45, 7) is 6.85. The zero-order valence-corrected chi connectivity index (χ0v) is 21.9. The number of benzene rings is 3. The van der Waals surface area contributed by atoms with Gasteiger partial charge in [0.2, 0.25) is 0 Å². The summed E-state index contributed by atoms with van der Waals surface area (Å²) in [5.74, 6) is 3.43. The second kappa shape index (κ2) is 8.69. The van der Waals surface area contributed by atoms with Crippen LogP contribution in [0.2, 0.25) is 0 Å². The third-order valence-corrected chi connectivity index (χ3v) is 11.4. The summed E-state index contributed by atoms with van der Waals surface area (Å²) in [5, 5.41) is 0. The van der Waals surface area contributed by atoms with Crippen LogP contribution in [0.25, 0.3) is 0 Å². The standard InChI is InChI=1S/C32H36FOS/c1-31(2,3)32(20-27-22-14-15-23(18-22)28(27)21-32)34-30-17-16-26(19-29(30)33)35(24-10-6-4-7-11-24)25-12-8-5-9-13-25/h4-13,16-17,19,22-23,27-28H,14-15,18,20-21H2,1-3H3/q+1. The first kappa shape index (κ1) is 23.2. The zero-order valence-electron chi connectivity index (χ0n) is 21.0. The third kappa shape index (κ3) is 4.00. The van der Waals surface area contributed by atoms with E-state index < -0.39 is 0 Å². The highest BCUT2D eigenvalue weighted by Gasteiger charge is 2.61. The Hall–Kier alpha value is -2.26. The molecule has 3 fully saturated rings. The molecule has 1 nitrogen and oxygen atoms in total. The van der Waals surface area contributed by atoms with Gasteiger partial charge in [-0.05, 0) is 92.2 Å². The number of hydrogen-bond donors (Lipinski definition) is 0. The van der Waals surface area contributed by atoms with Gasteiger partial charge >= 0.3 is 0 Å². The Balaban J connectivity index is 1.33. The molecule has 0 N–H and O–H groups in total. The van der Waals surface area contributed by atoms with E-state index >= 15 is 4.39 Å². The molecule has 3 aliphatic rings. The van der Waals surface area contributed by atoms with Crippen molar-refractivity contribution < 1.29 is 9.13 Å². The average molecular weight is 488 g/mol. The van der Waals surface area contributed by atoms with E-state index in [0.717, 1.165) is 41.4 Å². The largest absolute Gasteiger partial charge is 0.484 e. The Morgan fingerprint density at radius 1 is 0.771 bits per heavy atom. The van der Waals surface area contributed by atoms with Crippen molar-refractivity contribution in [1.29, 1.82) is 0 Å². The van der Waals surface area contributed by atoms with Crippen molar-refractivity contribution in [3.63, 3.8) is 0 Å². The summed E-state index contributed by atoms with van der Waals surface area (Å²) in [4.78, 5) is 3.37. The van der Waals surface area contributed by atoms with Gasteiger partial charge in [0.25, 0.3) is 0 Å². The van der Waals surface area contributed by atoms with Crippen molar-refractivity contribution in [3.05, 3.63) is 84.7 Å².